The van der Waals surface area contributed by atoms with Gasteiger partial charge in [0.05, 0.1) is 0 Å². The summed E-state index contributed by atoms with van der Waals surface area (Å²) >= 11 is 0. The first kappa shape index (κ1) is 6.20. The zero-order chi connectivity index (χ0) is 6.97. The summed E-state index contributed by atoms with van der Waals surface area (Å²) < 4.78 is 0. The molecule has 0 saturated heterocycles. The minimum Gasteiger partial charge on any atom is -0.323 e. The number of hydrogen-bond donors (Lipinski definition) is 1. The Morgan fingerprint density at radius 1 is 1.20 bits per heavy atom. The molecule has 3 saturated carbocycles. The highest BCUT2D eigenvalue weighted by Crippen LogP contribution is 2.39. The van der Waals surface area contributed by atoms with Gasteiger partial charge >= 0.3 is 0 Å². The molecule has 0 unspecified atom stereocenters. The average molecular weight is 138 g/mol. The van der Waals surface area contributed by atoms with Crippen molar-refractivity contribution >= 4 is 5.71 Å². The number of nitrogens with zero attached hydrogens (tertiary/aromatic N) is 1. The Morgan fingerprint density at radius 2 is 1.90 bits per heavy atom. The van der Waals surface area contributed by atoms with E-state index in [1.807, 2.05) is 0 Å². The maximum Gasteiger partial charge on any atom is 0.0409 e. The quantitative estimate of drug-likeness (QED) is 0.400. The first-order valence-electron chi connectivity index (χ1n) is 4.17. The molecule has 0 radical (unpaired) electrons. The highest BCUT2D eigenvalue weighted by Gasteiger charge is 2.32. The Kier molecular flexibility index (Phi) is 1.40. The van der Waals surface area contributed by atoms with Gasteiger partial charge in [-0.25, -0.2) is 0 Å². The van der Waals surface area contributed by atoms with Gasteiger partial charge in [-0.2, -0.15) is 5.10 Å². The third-order valence-corrected chi connectivity index (χ3v) is 2.98. The molecule has 0 heterocycles. The van der Waals surface area contributed by atoms with Crippen LogP contribution < -0.4 is 5.84 Å². The molecule has 3 rings (SSSR count). The summed E-state index contributed by atoms with van der Waals surface area (Å²) in [4.78, 5) is 0. The minimum atomic E-state index is 0.759. The maximum atomic E-state index is 5.28. The van der Waals surface area contributed by atoms with Crippen molar-refractivity contribution in [2.45, 2.75) is 32.1 Å². The molecular formula is C8H14N2. The number of nitrogens with two attached hydrogens (primary N) is 1. The van der Waals surface area contributed by atoms with E-state index < -0.39 is 0 Å². The largest absolute Gasteiger partial charge is 0.323 e. The standard InChI is InChI=1S/C8H14N2/c9-10-8-5-6-1-3-7(8)4-2-6/h6-7H,1-5,9H2. The second-order valence-electron chi connectivity index (χ2n) is 3.54. The van der Waals surface area contributed by atoms with Gasteiger partial charge in [-0.05, 0) is 43.9 Å². The van der Waals surface area contributed by atoms with Crippen LogP contribution in [0.4, 0.5) is 0 Å². The van der Waals surface area contributed by atoms with E-state index >= 15 is 0 Å². The van der Waals surface area contributed by atoms with Gasteiger partial charge in [0, 0.05) is 5.71 Å². The van der Waals surface area contributed by atoms with Crippen molar-refractivity contribution in [2.24, 2.45) is 22.8 Å². The number of hydrazone groups is 1. The van der Waals surface area contributed by atoms with Gasteiger partial charge in [-0.3, -0.25) is 0 Å². The third kappa shape index (κ3) is 0.825. The monoisotopic (exact) mass is 138 g/mol. The zero-order valence-corrected chi connectivity index (χ0v) is 6.21. The Balaban J connectivity index is 2.15. The molecule has 2 nitrogen and oxygen atoms in total. The van der Waals surface area contributed by atoms with Crippen LogP contribution in [0, 0.1) is 11.8 Å². The van der Waals surface area contributed by atoms with E-state index in [0.29, 0.717) is 0 Å². The van der Waals surface area contributed by atoms with E-state index in [9.17, 15) is 0 Å². The van der Waals surface area contributed by atoms with Crippen molar-refractivity contribution in [3.8, 4) is 0 Å². The fraction of sp³-hybridized carbons (Fsp3) is 0.875. The van der Waals surface area contributed by atoms with Gasteiger partial charge in [0.1, 0.15) is 0 Å². The van der Waals surface area contributed by atoms with Gasteiger partial charge in [-0.15, -0.1) is 0 Å². The molecule has 2 N–H and O–H groups in total. The SMILES string of the molecule is NN=C1CC2CCC1CC2. The zero-order valence-electron chi connectivity index (χ0n) is 6.21. The van der Waals surface area contributed by atoms with Crippen LogP contribution in [-0.2, 0) is 0 Å². The Bertz CT molecular complexity index is 155. The van der Waals surface area contributed by atoms with Gasteiger partial charge in [0.2, 0.25) is 0 Å². The second-order valence-corrected chi connectivity index (χ2v) is 3.54. The molecule has 10 heavy (non-hydrogen) atoms. The van der Waals surface area contributed by atoms with Crippen LogP contribution in [0.2, 0.25) is 0 Å². The van der Waals surface area contributed by atoms with Gasteiger partial charge < -0.3 is 5.84 Å². The summed E-state index contributed by atoms with van der Waals surface area (Å²) in [6.45, 7) is 0. The molecule has 3 aliphatic rings. The van der Waals surface area contributed by atoms with E-state index in [0.717, 1.165) is 11.8 Å². The molecule has 3 aliphatic carbocycles. The fourth-order valence-electron chi connectivity index (χ4n) is 2.32. The Morgan fingerprint density at radius 3 is 2.20 bits per heavy atom. The molecule has 0 spiro atoms. The van der Waals surface area contributed by atoms with Crippen molar-refractivity contribution in [3.63, 3.8) is 0 Å². The van der Waals surface area contributed by atoms with E-state index in [4.69, 9.17) is 5.84 Å². The van der Waals surface area contributed by atoms with Crippen LogP contribution in [0.25, 0.3) is 0 Å². The van der Waals surface area contributed by atoms with Crippen LogP contribution >= 0.6 is 0 Å². The predicted molar refractivity (Wildman–Crippen MR) is 41.7 cm³/mol. The molecule has 2 bridgehead atoms. The van der Waals surface area contributed by atoms with Crippen molar-refractivity contribution in [1.29, 1.82) is 0 Å². The van der Waals surface area contributed by atoms with Crippen LogP contribution in [0.1, 0.15) is 32.1 Å². The van der Waals surface area contributed by atoms with Crippen molar-refractivity contribution in [3.05, 3.63) is 0 Å². The lowest BCUT2D eigenvalue weighted by Crippen LogP contribution is -2.32. The van der Waals surface area contributed by atoms with Crippen LogP contribution in [0.3, 0.4) is 0 Å². The van der Waals surface area contributed by atoms with E-state index in [1.165, 1.54) is 37.8 Å². The van der Waals surface area contributed by atoms with Crippen molar-refractivity contribution in [1.82, 2.24) is 0 Å². The normalized spacial score (nSPS) is 42.6. The van der Waals surface area contributed by atoms with Crippen LogP contribution in [-0.4, -0.2) is 5.71 Å². The molecule has 0 aromatic rings. The lowest BCUT2D eigenvalue weighted by molar-refractivity contribution is 0.287. The summed E-state index contributed by atoms with van der Waals surface area (Å²) in [5, 5.41) is 3.85. The highest BCUT2D eigenvalue weighted by molar-refractivity contribution is 5.88. The van der Waals surface area contributed by atoms with Crippen LogP contribution in [0.15, 0.2) is 5.10 Å². The summed E-state index contributed by atoms with van der Waals surface area (Å²) in [6, 6.07) is 0. The van der Waals surface area contributed by atoms with Gasteiger partial charge in [-0.1, -0.05) is 0 Å². The van der Waals surface area contributed by atoms with Gasteiger partial charge in [0.25, 0.3) is 0 Å². The Hall–Kier alpha value is -0.530. The molecule has 0 aromatic heterocycles. The lowest BCUT2D eigenvalue weighted by atomic mass is 9.70. The van der Waals surface area contributed by atoms with E-state index in [2.05, 4.69) is 5.10 Å². The fourth-order valence-corrected chi connectivity index (χ4v) is 2.32. The average Bonchev–Trinajstić information content (AvgIpc) is 2.06. The molecule has 2 heteroatoms. The first-order chi connectivity index (χ1) is 4.90. The van der Waals surface area contributed by atoms with Crippen LogP contribution in [0.5, 0.6) is 0 Å². The number of fused-ring (bicyclic) bond motifs is 3. The second kappa shape index (κ2) is 2.26. The van der Waals surface area contributed by atoms with E-state index in [-0.39, 0.29) is 0 Å². The molecular weight excluding hydrogens is 124 g/mol. The van der Waals surface area contributed by atoms with Gasteiger partial charge in [0.15, 0.2) is 0 Å². The molecule has 0 aromatic carbocycles. The summed E-state index contributed by atoms with van der Waals surface area (Å²) in [5.41, 5.74) is 1.29. The maximum absolute atomic E-state index is 5.28. The summed E-state index contributed by atoms with van der Waals surface area (Å²) in [6.07, 6.45) is 6.73. The molecule has 0 aliphatic heterocycles. The number of hydrogen-bond acceptors (Lipinski definition) is 2. The van der Waals surface area contributed by atoms with Crippen molar-refractivity contribution < 1.29 is 0 Å². The summed E-state index contributed by atoms with van der Waals surface area (Å²) in [7, 11) is 0. The molecule has 0 amide bonds. The topological polar surface area (TPSA) is 38.4 Å². The molecule has 3 fully saturated rings. The molecule has 0 atom stereocenters. The molecule has 56 valence electrons. The predicted octanol–water partition coefficient (Wildman–Crippen LogP) is 1.51. The number of rotatable bonds is 0. The van der Waals surface area contributed by atoms with Crippen molar-refractivity contribution in [2.75, 3.05) is 0 Å². The smallest absolute Gasteiger partial charge is 0.0409 e. The third-order valence-electron chi connectivity index (χ3n) is 2.98. The van der Waals surface area contributed by atoms with E-state index in [1.54, 1.807) is 0 Å². The lowest BCUT2D eigenvalue weighted by Gasteiger charge is -2.36. The Labute approximate surface area is 61.5 Å². The summed E-state index contributed by atoms with van der Waals surface area (Å²) in [5.74, 6) is 6.96. The highest BCUT2D eigenvalue weighted by atomic mass is 15.1. The minimum absolute atomic E-state index is 0.759. The first-order valence-corrected chi connectivity index (χ1v) is 4.17.